The van der Waals surface area contributed by atoms with Gasteiger partial charge in [0.15, 0.2) is 5.13 Å². The van der Waals surface area contributed by atoms with Gasteiger partial charge < -0.3 is 15.0 Å². The highest BCUT2D eigenvalue weighted by molar-refractivity contribution is 7.15. The molecule has 1 aliphatic rings. The third-order valence-electron chi connectivity index (χ3n) is 3.34. The Bertz CT molecular complexity index is 380. The van der Waals surface area contributed by atoms with Crippen LogP contribution in [0.5, 0.6) is 0 Å². The first-order chi connectivity index (χ1) is 8.74. The van der Waals surface area contributed by atoms with Gasteiger partial charge in [0, 0.05) is 31.6 Å². The van der Waals surface area contributed by atoms with Crippen LogP contribution < -0.4 is 10.2 Å². The van der Waals surface area contributed by atoms with Crippen molar-refractivity contribution in [2.45, 2.75) is 39.3 Å². The summed E-state index contributed by atoms with van der Waals surface area (Å²) in [7, 11) is 1.79. The molecular formula is C13H23N3OS. The van der Waals surface area contributed by atoms with Crippen molar-refractivity contribution in [1.29, 1.82) is 0 Å². The first kappa shape index (κ1) is 13.8. The fraction of sp³-hybridized carbons (Fsp3) is 0.769. The van der Waals surface area contributed by atoms with E-state index in [1.165, 1.54) is 17.0 Å². The van der Waals surface area contributed by atoms with E-state index in [4.69, 9.17) is 4.74 Å². The third kappa shape index (κ3) is 3.22. The lowest BCUT2D eigenvalue weighted by molar-refractivity contribution is 0.121. The zero-order valence-corrected chi connectivity index (χ0v) is 12.3. The molecule has 0 aromatic carbocycles. The van der Waals surface area contributed by atoms with E-state index in [0.717, 1.165) is 37.7 Å². The van der Waals surface area contributed by atoms with Gasteiger partial charge in [-0.1, -0.05) is 6.92 Å². The number of methoxy groups -OCH3 is 1. The van der Waals surface area contributed by atoms with Gasteiger partial charge in [-0.15, -0.1) is 11.3 Å². The molecule has 1 atom stereocenters. The van der Waals surface area contributed by atoms with Gasteiger partial charge in [0.2, 0.25) is 0 Å². The van der Waals surface area contributed by atoms with E-state index in [1.807, 2.05) is 11.3 Å². The van der Waals surface area contributed by atoms with Crippen molar-refractivity contribution in [3.63, 3.8) is 0 Å². The largest absolute Gasteiger partial charge is 0.380 e. The van der Waals surface area contributed by atoms with Crippen molar-refractivity contribution in [2.24, 2.45) is 0 Å². The van der Waals surface area contributed by atoms with Gasteiger partial charge in [-0.2, -0.15) is 0 Å². The van der Waals surface area contributed by atoms with Crippen molar-refractivity contribution in [1.82, 2.24) is 10.3 Å². The van der Waals surface area contributed by atoms with E-state index in [9.17, 15) is 0 Å². The Morgan fingerprint density at radius 3 is 3.06 bits per heavy atom. The second-order valence-corrected chi connectivity index (χ2v) is 5.84. The smallest absolute Gasteiger partial charge is 0.185 e. The number of thiazole rings is 1. The topological polar surface area (TPSA) is 37.4 Å². The van der Waals surface area contributed by atoms with Gasteiger partial charge in [0.25, 0.3) is 0 Å². The Kier molecular flexibility index (Phi) is 4.97. The predicted octanol–water partition coefficient (Wildman–Crippen LogP) is 2.18. The quantitative estimate of drug-likeness (QED) is 0.803. The molecule has 4 nitrogen and oxygen atoms in total. The van der Waals surface area contributed by atoms with Crippen LogP contribution in [0.15, 0.2) is 0 Å². The Labute approximate surface area is 113 Å². The number of rotatable bonds is 6. The van der Waals surface area contributed by atoms with Gasteiger partial charge in [-0.3, -0.25) is 0 Å². The molecule has 0 bridgehead atoms. The van der Waals surface area contributed by atoms with Crippen molar-refractivity contribution >= 4 is 16.5 Å². The molecule has 0 spiro atoms. The number of ether oxygens (including phenoxy) is 1. The molecular weight excluding hydrogens is 246 g/mol. The number of aryl methyl sites for hydroxylation is 1. The molecule has 1 aliphatic heterocycles. The van der Waals surface area contributed by atoms with Crippen LogP contribution in [-0.2, 0) is 11.3 Å². The second-order valence-electron chi connectivity index (χ2n) is 4.77. The highest BCUT2D eigenvalue weighted by Gasteiger charge is 2.24. The summed E-state index contributed by atoms with van der Waals surface area (Å²) >= 11 is 1.82. The van der Waals surface area contributed by atoms with E-state index < -0.39 is 0 Å². The maximum atomic E-state index is 5.40. The number of anilines is 1. The number of nitrogens with one attached hydrogen (secondary N) is 1. The summed E-state index contributed by atoms with van der Waals surface area (Å²) in [5.74, 6) is 0. The fourth-order valence-corrected chi connectivity index (χ4v) is 3.25. The molecule has 2 rings (SSSR count). The van der Waals surface area contributed by atoms with Crippen molar-refractivity contribution in [3.05, 3.63) is 10.6 Å². The lowest BCUT2D eigenvalue weighted by atomic mass is 10.3. The van der Waals surface area contributed by atoms with Crippen molar-refractivity contribution in [3.8, 4) is 0 Å². The molecule has 0 aliphatic carbocycles. The third-order valence-corrected chi connectivity index (χ3v) is 4.56. The monoisotopic (exact) mass is 269 g/mol. The van der Waals surface area contributed by atoms with Crippen LogP contribution >= 0.6 is 11.3 Å². The van der Waals surface area contributed by atoms with Gasteiger partial charge in [-0.25, -0.2) is 4.98 Å². The number of nitrogens with zero attached hydrogens (tertiary/aromatic N) is 2. The van der Waals surface area contributed by atoms with E-state index in [1.54, 1.807) is 7.11 Å². The molecule has 102 valence electrons. The first-order valence-electron chi connectivity index (χ1n) is 6.69. The van der Waals surface area contributed by atoms with Crippen LogP contribution in [0.2, 0.25) is 0 Å². The fourth-order valence-electron chi connectivity index (χ4n) is 2.18. The van der Waals surface area contributed by atoms with Crippen LogP contribution in [0.25, 0.3) is 0 Å². The van der Waals surface area contributed by atoms with E-state index in [-0.39, 0.29) is 0 Å². The summed E-state index contributed by atoms with van der Waals surface area (Å²) in [4.78, 5) is 8.39. The van der Waals surface area contributed by atoms with Crippen molar-refractivity contribution in [2.75, 3.05) is 31.6 Å². The Balaban J connectivity index is 1.96. The lowest BCUT2D eigenvalue weighted by Gasteiger charge is -2.13. The average molecular weight is 269 g/mol. The summed E-state index contributed by atoms with van der Waals surface area (Å²) in [5.41, 5.74) is 1.17. The minimum atomic E-state index is 0.371. The molecule has 1 unspecified atom stereocenters. The molecule has 5 heteroatoms. The van der Waals surface area contributed by atoms with Crippen LogP contribution in [0, 0.1) is 6.92 Å². The molecule has 2 heterocycles. The van der Waals surface area contributed by atoms with E-state index in [0.29, 0.717) is 6.10 Å². The van der Waals surface area contributed by atoms with E-state index in [2.05, 4.69) is 29.0 Å². The summed E-state index contributed by atoms with van der Waals surface area (Å²) in [5, 5.41) is 4.60. The molecule has 1 aromatic rings. The zero-order chi connectivity index (χ0) is 13.0. The normalized spacial score (nSPS) is 19.7. The molecule has 1 N–H and O–H groups in total. The number of hydrogen-bond acceptors (Lipinski definition) is 5. The Morgan fingerprint density at radius 2 is 2.39 bits per heavy atom. The number of aromatic nitrogens is 1. The van der Waals surface area contributed by atoms with Gasteiger partial charge in [0.05, 0.1) is 11.8 Å². The van der Waals surface area contributed by atoms with Crippen LogP contribution in [-0.4, -0.2) is 37.8 Å². The zero-order valence-electron chi connectivity index (χ0n) is 11.5. The minimum Gasteiger partial charge on any atom is -0.380 e. The molecule has 0 saturated carbocycles. The maximum absolute atomic E-state index is 5.40. The number of hydrogen-bond donors (Lipinski definition) is 1. The van der Waals surface area contributed by atoms with Crippen molar-refractivity contribution < 1.29 is 4.74 Å². The Morgan fingerprint density at radius 1 is 1.56 bits per heavy atom. The molecule has 1 fully saturated rings. The minimum absolute atomic E-state index is 0.371. The van der Waals surface area contributed by atoms with Gasteiger partial charge in [0.1, 0.15) is 0 Å². The Hall–Kier alpha value is -0.650. The molecule has 18 heavy (non-hydrogen) atoms. The summed E-state index contributed by atoms with van der Waals surface area (Å²) in [6, 6.07) is 0. The predicted molar refractivity (Wildman–Crippen MR) is 76.5 cm³/mol. The average Bonchev–Trinajstić information content (AvgIpc) is 2.97. The summed E-state index contributed by atoms with van der Waals surface area (Å²) in [6.45, 7) is 8.35. The molecule has 1 saturated heterocycles. The van der Waals surface area contributed by atoms with Crippen LogP contribution in [0.3, 0.4) is 0 Å². The molecule has 0 radical (unpaired) electrons. The summed E-state index contributed by atoms with van der Waals surface area (Å²) < 4.78 is 5.40. The molecule has 1 aromatic heterocycles. The lowest BCUT2D eigenvalue weighted by Crippen LogP contribution is -2.21. The maximum Gasteiger partial charge on any atom is 0.185 e. The standard InChI is InChI=1S/C13H23N3OS/c1-4-6-14-8-12-10(2)15-13(18-12)16-7-5-11(9-16)17-3/h11,14H,4-9H2,1-3H3. The van der Waals surface area contributed by atoms with Gasteiger partial charge >= 0.3 is 0 Å². The van der Waals surface area contributed by atoms with Crippen LogP contribution in [0.1, 0.15) is 30.3 Å². The van der Waals surface area contributed by atoms with Crippen LogP contribution in [0.4, 0.5) is 5.13 Å². The van der Waals surface area contributed by atoms with E-state index >= 15 is 0 Å². The SMILES string of the molecule is CCCNCc1sc(N2CCC(OC)C2)nc1C. The highest BCUT2D eigenvalue weighted by Crippen LogP contribution is 2.29. The van der Waals surface area contributed by atoms with Gasteiger partial charge in [-0.05, 0) is 26.3 Å². The summed E-state index contributed by atoms with van der Waals surface area (Å²) in [6.07, 6.45) is 2.65. The first-order valence-corrected chi connectivity index (χ1v) is 7.51. The molecule has 0 amide bonds. The highest BCUT2D eigenvalue weighted by atomic mass is 32.1. The second kappa shape index (κ2) is 6.50.